The molecule has 1 unspecified atom stereocenters. The molecule has 0 N–H and O–H groups in total. The van der Waals surface area contributed by atoms with Crippen molar-refractivity contribution < 1.29 is 18.9 Å². The number of amides is 1. The molecule has 136 valence electrons. The average molecular weight is 364 g/mol. The number of carbonyl (C=O) groups excluding carboxylic acids is 1. The maximum Gasteiger partial charge on any atom is 0.414 e. The van der Waals surface area contributed by atoms with Gasteiger partial charge in [0.15, 0.2) is 0 Å². The van der Waals surface area contributed by atoms with Crippen molar-refractivity contribution in [2.75, 3.05) is 6.61 Å². The molecule has 0 saturated heterocycles. The van der Waals surface area contributed by atoms with E-state index in [4.69, 9.17) is 9.15 Å². The number of nitro groups is 1. The van der Waals surface area contributed by atoms with Crippen LogP contribution < -0.4 is 0 Å². The first-order valence-electron chi connectivity index (χ1n) is 8.49. The van der Waals surface area contributed by atoms with Crippen LogP contribution in [-0.4, -0.2) is 22.5 Å². The van der Waals surface area contributed by atoms with Gasteiger partial charge in [-0.15, -0.1) is 0 Å². The molecule has 3 aromatic rings. The number of carbonyl (C=O) groups is 1. The largest absolute Gasteiger partial charge is 0.458 e. The monoisotopic (exact) mass is 364 g/mol. The molecule has 0 radical (unpaired) electrons. The maximum atomic E-state index is 12.5. The highest BCUT2D eigenvalue weighted by Gasteiger charge is 2.35. The number of benzene rings is 2. The van der Waals surface area contributed by atoms with E-state index in [-0.39, 0.29) is 12.3 Å². The van der Waals surface area contributed by atoms with Crippen LogP contribution >= 0.6 is 0 Å². The summed E-state index contributed by atoms with van der Waals surface area (Å²) >= 11 is 0. The molecule has 1 aliphatic heterocycles. The van der Waals surface area contributed by atoms with Gasteiger partial charge in [0.2, 0.25) is 0 Å². The molecule has 2 heterocycles. The zero-order valence-corrected chi connectivity index (χ0v) is 14.5. The van der Waals surface area contributed by atoms with Gasteiger partial charge in [0.05, 0.1) is 17.1 Å². The minimum Gasteiger partial charge on any atom is -0.458 e. The Morgan fingerprint density at radius 3 is 2.81 bits per heavy atom. The fraction of sp³-hybridized carbons (Fsp3) is 0.150. The lowest BCUT2D eigenvalue weighted by Crippen LogP contribution is -2.33. The standard InChI is InChI=1S/C20H16N2O5/c1-2-26-20(23)21-11-10-14-15(7-5-8-16(14)22(24)25)19(21)18-12-13-6-3-4-9-17(13)27-18/h3-12,19H,2H2,1H3. The van der Waals surface area contributed by atoms with Crippen LogP contribution in [-0.2, 0) is 4.74 Å². The third-order valence-corrected chi connectivity index (χ3v) is 4.48. The van der Waals surface area contributed by atoms with Crippen molar-refractivity contribution in [3.63, 3.8) is 0 Å². The summed E-state index contributed by atoms with van der Waals surface area (Å²) in [5, 5.41) is 12.3. The summed E-state index contributed by atoms with van der Waals surface area (Å²) in [6.07, 6.45) is 2.52. The first-order valence-corrected chi connectivity index (χ1v) is 8.49. The maximum absolute atomic E-state index is 12.5. The third-order valence-electron chi connectivity index (χ3n) is 4.48. The fourth-order valence-corrected chi connectivity index (χ4v) is 3.33. The number of hydrogen-bond acceptors (Lipinski definition) is 5. The molecular formula is C20H16N2O5. The van der Waals surface area contributed by atoms with Crippen LogP contribution in [0.1, 0.15) is 29.9 Å². The molecule has 1 amide bonds. The number of nitrogens with zero attached hydrogens (tertiary/aromatic N) is 2. The fourth-order valence-electron chi connectivity index (χ4n) is 3.33. The summed E-state index contributed by atoms with van der Waals surface area (Å²) in [5.74, 6) is 0.510. The number of para-hydroxylation sites is 1. The minimum atomic E-state index is -0.656. The van der Waals surface area contributed by atoms with Gasteiger partial charge in [0.1, 0.15) is 17.4 Å². The second-order valence-corrected chi connectivity index (χ2v) is 6.05. The summed E-state index contributed by atoms with van der Waals surface area (Å²) in [4.78, 5) is 24.9. The highest BCUT2D eigenvalue weighted by molar-refractivity contribution is 5.80. The zero-order valence-electron chi connectivity index (χ0n) is 14.5. The summed E-state index contributed by atoms with van der Waals surface area (Å²) < 4.78 is 11.1. The molecule has 0 saturated carbocycles. The van der Waals surface area contributed by atoms with Gasteiger partial charge in [-0.05, 0) is 30.7 Å². The molecular weight excluding hydrogens is 348 g/mol. The van der Waals surface area contributed by atoms with Crippen molar-refractivity contribution in [1.29, 1.82) is 0 Å². The van der Waals surface area contributed by atoms with E-state index in [9.17, 15) is 14.9 Å². The number of furan rings is 1. The molecule has 7 nitrogen and oxygen atoms in total. The lowest BCUT2D eigenvalue weighted by atomic mass is 9.93. The van der Waals surface area contributed by atoms with Gasteiger partial charge in [0, 0.05) is 17.7 Å². The molecule has 2 aromatic carbocycles. The summed E-state index contributed by atoms with van der Waals surface area (Å²) in [5.41, 5.74) is 1.72. The van der Waals surface area contributed by atoms with E-state index in [1.54, 1.807) is 25.1 Å². The Labute approximate surface area is 154 Å². The van der Waals surface area contributed by atoms with E-state index in [2.05, 4.69) is 0 Å². The predicted molar refractivity (Wildman–Crippen MR) is 99.0 cm³/mol. The van der Waals surface area contributed by atoms with E-state index >= 15 is 0 Å². The second-order valence-electron chi connectivity index (χ2n) is 6.05. The topological polar surface area (TPSA) is 85.8 Å². The first kappa shape index (κ1) is 16.8. The lowest BCUT2D eigenvalue weighted by Gasteiger charge is -2.30. The Balaban J connectivity index is 1.91. The van der Waals surface area contributed by atoms with E-state index in [0.717, 1.165) is 5.39 Å². The zero-order chi connectivity index (χ0) is 19.0. The van der Waals surface area contributed by atoms with Crippen molar-refractivity contribution in [1.82, 2.24) is 4.90 Å². The molecule has 27 heavy (non-hydrogen) atoms. The van der Waals surface area contributed by atoms with Crippen LogP contribution in [0.2, 0.25) is 0 Å². The van der Waals surface area contributed by atoms with Crippen molar-refractivity contribution in [2.24, 2.45) is 0 Å². The Bertz CT molecular complexity index is 1040. The molecule has 0 aliphatic carbocycles. The van der Waals surface area contributed by atoms with E-state index < -0.39 is 17.1 Å². The van der Waals surface area contributed by atoms with Gasteiger partial charge in [-0.25, -0.2) is 4.79 Å². The highest BCUT2D eigenvalue weighted by Crippen LogP contribution is 2.41. The van der Waals surface area contributed by atoms with Crippen LogP contribution in [0.4, 0.5) is 10.5 Å². The first-order chi connectivity index (χ1) is 13.1. The lowest BCUT2D eigenvalue weighted by molar-refractivity contribution is -0.385. The molecule has 0 fully saturated rings. The van der Waals surface area contributed by atoms with Gasteiger partial charge in [-0.1, -0.05) is 30.3 Å². The van der Waals surface area contributed by atoms with E-state index in [1.165, 1.54) is 17.2 Å². The molecule has 7 heteroatoms. The quantitative estimate of drug-likeness (QED) is 0.489. The number of hydrogen-bond donors (Lipinski definition) is 0. The van der Waals surface area contributed by atoms with Gasteiger partial charge in [-0.2, -0.15) is 0 Å². The molecule has 0 spiro atoms. The van der Waals surface area contributed by atoms with E-state index in [1.807, 2.05) is 30.3 Å². The van der Waals surface area contributed by atoms with Gasteiger partial charge in [-0.3, -0.25) is 15.0 Å². The Morgan fingerprint density at radius 2 is 2.07 bits per heavy atom. The second kappa shape index (κ2) is 6.60. The van der Waals surface area contributed by atoms with Crippen LogP contribution in [0.5, 0.6) is 0 Å². The van der Waals surface area contributed by atoms with E-state index in [0.29, 0.717) is 22.5 Å². The molecule has 1 aromatic heterocycles. The Hall–Kier alpha value is -3.61. The van der Waals surface area contributed by atoms with Crippen LogP contribution in [0.25, 0.3) is 17.0 Å². The summed E-state index contributed by atoms with van der Waals surface area (Å²) in [6.45, 7) is 1.94. The molecule has 1 aliphatic rings. The normalized spacial score (nSPS) is 15.6. The number of nitro benzene ring substituents is 1. The van der Waals surface area contributed by atoms with Crippen LogP contribution in [0, 0.1) is 10.1 Å². The Kier molecular flexibility index (Phi) is 4.12. The van der Waals surface area contributed by atoms with Crippen molar-refractivity contribution in [3.8, 4) is 0 Å². The highest BCUT2D eigenvalue weighted by atomic mass is 16.6. The van der Waals surface area contributed by atoms with Gasteiger partial charge in [0.25, 0.3) is 5.69 Å². The number of ether oxygens (including phenoxy) is 1. The SMILES string of the molecule is CCOC(=O)N1C=Cc2c(cccc2[N+](=O)[O-])C1c1cc2ccccc2o1. The van der Waals surface area contributed by atoms with Gasteiger partial charge >= 0.3 is 6.09 Å². The summed E-state index contributed by atoms with van der Waals surface area (Å²) in [7, 11) is 0. The van der Waals surface area contributed by atoms with Crippen molar-refractivity contribution >= 4 is 28.8 Å². The summed E-state index contributed by atoms with van der Waals surface area (Å²) in [6, 6.07) is 13.5. The number of fused-ring (bicyclic) bond motifs is 2. The Morgan fingerprint density at radius 1 is 1.26 bits per heavy atom. The van der Waals surface area contributed by atoms with Gasteiger partial charge < -0.3 is 9.15 Å². The third kappa shape index (κ3) is 2.83. The van der Waals surface area contributed by atoms with Crippen molar-refractivity contribution in [2.45, 2.75) is 13.0 Å². The molecule has 4 rings (SSSR count). The smallest absolute Gasteiger partial charge is 0.414 e. The average Bonchev–Trinajstić information content (AvgIpc) is 3.10. The van der Waals surface area contributed by atoms with Crippen LogP contribution in [0.15, 0.2) is 59.1 Å². The van der Waals surface area contributed by atoms with Crippen LogP contribution in [0.3, 0.4) is 0 Å². The van der Waals surface area contributed by atoms with Crippen molar-refractivity contribution in [3.05, 3.63) is 81.7 Å². The molecule has 1 atom stereocenters. The predicted octanol–water partition coefficient (Wildman–Crippen LogP) is 4.87. The number of rotatable bonds is 3. The minimum absolute atomic E-state index is 0.0200. The molecule has 0 bridgehead atoms.